The molecule has 128 valence electrons. The van der Waals surface area contributed by atoms with Crippen LogP contribution in [-0.4, -0.2) is 38.8 Å². The summed E-state index contributed by atoms with van der Waals surface area (Å²) in [4.78, 5) is 4.79. The molecule has 1 aliphatic heterocycles. The van der Waals surface area contributed by atoms with E-state index >= 15 is 0 Å². The van der Waals surface area contributed by atoms with Gasteiger partial charge < -0.3 is 15.4 Å². The summed E-state index contributed by atoms with van der Waals surface area (Å²) in [5.74, 6) is 0.653. The Labute approximate surface area is 138 Å². The molecule has 2 rings (SSSR count). The van der Waals surface area contributed by atoms with Crippen LogP contribution in [0.1, 0.15) is 38.7 Å². The third kappa shape index (κ3) is 4.93. The van der Waals surface area contributed by atoms with Gasteiger partial charge in [0.2, 0.25) is 0 Å². The summed E-state index contributed by atoms with van der Waals surface area (Å²) < 4.78 is 18.8. The highest BCUT2D eigenvalue weighted by molar-refractivity contribution is 5.79. The molecular weight excluding hydrogens is 293 g/mol. The summed E-state index contributed by atoms with van der Waals surface area (Å²) in [6, 6.07) is 6.86. The number of hydrogen-bond acceptors (Lipinski definition) is 2. The molecule has 0 atom stereocenters. The number of halogens is 1. The quantitative estimate of drug-likeness (QED) is 0.625. The minimum absolute atomic E-state index is 0.0689. The number of rotatable bonds is 6. The molecule has 4 nitrogen and oxygen atoms in total. The monoisotopic (exact) mass is 321 g/mol. The molecule has 0 unspecified atom stereocenters. The molecule has 1 saturated heterocycles. The Hall–Kier alpha value is -1.62. The SMILES string of the molecule is CCCNC(=NCC1(c2ccc(F)cc2)CCOCC1)NCC. The van der Waals surface area contributed by atoms with Crippen molar-refractivity contribution in [3.8, 4) is 0 Å². The summed E-state index contributed by atoms with van der Waals surface area (Å²) in [5.41, 5.74) is 1.08. The second-order valence-electron chi connectivity index (χ2n) is 6.02. The molecule has 0 radical (unpaired) electrons. The van der Waals surface area contributed by atoms with E-state index in [4.69, 9.17) is 9.73 Å². The van der Waals surface area contributed by atoms with Crippen molar-refractivity contribution in [3.63, 3.8) is 0 Å². The fourth-order valence-corrected chi connectivity index (χ4v) is 2.92. The Bertz CT molecular complexity index is 495. The van der Waals surface area contributed by atoms with E-state index in [1.54, 1.807) is 0 Å². The van der Waals surface area contributed by atoms with Gasteiger partial charge in [-0.25, -0.2) is 4.39 Å². The van der Waals surface area contributed by atoms with Crippen LogP contribution in [0.2, 0.25) is 0 Å². The van der Waals surface area contributed by atoms with Crippen LogP contribution in [0, 0.1) is 5.82 Å². The van der Waals surface area contributed by atoms with Gasteiger partial charge in [-0.05, 0) is 43.9 Å². The normalized spacial score (nSPS) is 17.8. The maximum Gasteiger partial charge on any atom is 0.191 e. The van der Waals surface area contributed by atoms with Crippen molar-refractivity contribution in [1.29, 1.82) is 0 Å². The van der Waals surface area contributed by atoms with E-state index in [1.165, 1.54) is 12.1 Å². The molecule has 1 aromatic carbocycles. The Morgan fingerprint density at radius 1 is 1.17 bits per heavy atom. The van der Waals surface area contributed by atoms with E-state index in [0.29, 0.717) is 6.54 Å². The van der Waals surface area contributed by atoms with Crippen LogP contribution >= 0.6 is 0 Å². The molecular formula is C18H28FN3O. The minimum atomic E-state index is -0.197. The molecule has 1 fully saturated rings. The first-order valence-corrected chi connectivity index (χ1v) is 8.56. The van der Waals surface area contributed by atoms with Crippen molar-refractivity contribution in [2.24, 2.45) is 4.99 Å². The molecule has 0 saturated carbocycles. The van der Waals surface area contributed by atoms with Gasteiger partial charge in [-0.15, -0.1) is 0 Å². The van der Waals surface area contributed by atoms with E-state index < -0.39 is 0 Å². The molecule has 0 amide bonds. The molecule has 1 aliphatic rings. The van der Waals surface area contributed by atoms with Crippen LogP contribution in [0.25, 0.3) is 0 Å². The second-order valence-corrected chi connectivity index (χ2v) is 6.02. The number of ether oxygens (including phenoxy) is 1. The number of nitrogens with one attached hydrogen (secondary N) is 2. The van der Waals surface area contributed by atoms with Crippen molar-refractivity contribution >= 4 is 5.96 Å². The largest absolute Gasteiger partial charge is 0.381 e. The van der Waals surface area contributed by atoms with Crippen LogP contribution in [0.3, 0.4) is 0 Å². The smallest absolute Gasteiger partial charge is 0.191 e. The van der Waals surface area contributed by atoms with Crippen LogP contribution in [-0.2, 0) is 10.2 Å². The average molecular weight is 321 g/mol. The van der Waals surface area contributed by atoms with Crippen molar-refractivity contribution < 1.29 is 9.13 Å². The third-order valence-electron chi connectivity index (χ3n) is 4.33. The summed E-state index contributed by atoms with van der Waals surface area (Å²) in [7, 11) is 0. The fraction of sp³-hybridized carbons (Fsp3) is 0.611. The molecule has 2 N–H and O–H groups in total. The Kier molecular flexibility index (Phi) is 6.84. The molecule has 1 heterocycles. The van der Waals surface area contributed by atoms with Crippen LogP contribution in [0.5, 0.6) is 0 Å². The molecule has 0 aliphatic carbocycles. The van der Waals surface area contributed by atoms with Crippen LogP contribution < -0.4 is 10.6 Å². The molecule has 0 bridgehead atoms. The summed E-state index contributed by atoms with van der Waals surface area (Å²) in [6.07, 6.45) is 2.88. The number of guanidine groups is 1. The van der Waals surface area contributed by atoms with Gasteiger partial charge in [-0.1, -0.05) is 19.1 Å². The van der Waals surface area contributed by atoms with Gasteiger partial charge in [0.15, 0.2) is 5.96 Å². The highest BCUT2D eigenvalue weighted by Gasteiger charge is 2.34. The first-order chi connectivity index (χ1) is 11.2. The molecule has 0 spiro atoms. The average Bonchev–Trinajstić information content (AvgIpc) is 2.59. The van der Waals surface area contributed by atoms with E-state index in [2.05, 4.69) is 24.5 Å². The van der Waals surface area contributed by atoms with Crippen molar-refractivity contribution in [2.75, 3.05) is 32.8 Å². The standard InChI is InChI=1S/C18H28FN3O/c1-3-11-21-17(20-4-2)22-14-18(9-12-23-13-10-18)15-5-7-16(19)8-6-15/h5-8H,3-4,9-14H2,1-2H3,(H2,20,21,22). The van der Waals surface area contributed by atoms with Gasteiger partial charge in [0.25, 0.3) is 0 Å². The summed E-state index contributed by atoms with van der Waals surface area (Å²) >= 11 is 0. The zero-order valence-corrected chi connectivity index (χ0v) is 14.2. The number of benzene rings is 1. The lowest BCUT2D eigenvalue weighted by atomic mass is 9.74. The minimum Gasteiger partial charge on any atom is -0.381 e. The topological polar surface area (TPSA) is 45.7 Å². The highest BCUT2D eigenvalue weighted by atomic mass is 19.1. The Morgan fingerprint density at radius 2 is 1.87 bits per heavy atom. The number of nitrogens with zero attached hydrogens (tertiary/aromatic N) is 1. The fourth-order valence-electron chi connectivity index (χ4n) is 2.92. The van der Waals surface area contributed by atoms with Gasteiger partial charge in [-0.3, -0.25) is 4.99 Å². The van der Waals surface area contributed by atoms with Gasteiger partial charge >= 0.3 is 0 Å². The molecule has 23 heavy (non-hydrogen) atoms. The number of aliphatic imine (C=N–C) groups is 1. The van der Waals surface area contributed by atoms with Crippen molar-refractivity contribution in [3.05, 3.63) is 35.6 Å². The third-order valence-corrected chi connectivity index (χ3v) is 4.33. The predicted molar refractivity (Wildman–Crippen MR) is 92.4 cm³/mol. The van der Waals surface area contributed by atoms with Gasteiger partial charge in [0.05, 0.1) is 6.54 Å². The summed E-state index contributed by atoms with van der Waals surface area (Å²) in [5, 5.41) is 6.62. The predicted octanol–water partition coefficient (Wildman–Crippen LogP) is 2.84. The molecule has 1 aromatic rings. The van der Waals surface area contributed by atoms with Crippen LogP contribution in [0.15, 0.2) is 29.3 Å². The first-order valence-electron chi connectivity index (χ1n) is 8.56. The van der Waals surface area contributed by atoms with E-state index in [0.717, 1.165) is 57.1 Å². The molecule has 5 heteroatoms. The van der Waals surface area contributed by atoms with Gasteiger partial charge in [0, 0.05) is 31.7 Å². The molecule has 0 aromatic heterocycles. The van der Waals surface area contributed by atoms with E-state index in [-0.39, 0.29) is 11.2 Å². The van der Waals surface area contributed by atoms with E-state index in [1.807, 2.05) is 12.1 Å². The zero-order chi connectivity index (χ0) is 16.5. The van der Waals surface area contributed by atoms with Gasteiger partial charge in [0.1, 0.15) is 5.82 Å². The lowest BCUT2D eigenvalue weighted by molar-refractivity contribution is 0.0531. The van der Waals surface area contributed by atoms with Gasteiger partial charge in [-0.2, -0.15) is 0 Å². The Balaban J connectivity index is 2.18. The maximum absolute atomic E-state index is 13.3. The maximum atomic E-state index is 13.3. The van der Waals surface area contributed by atoms with Crippen LogP contribution in [0.4, 0.5) is 4.39 Å². The number of hydrogen-bond donors (Lipinski definition) is 2. The highest BCUT2D eigenvalue weighted by Crippen LogP contribution is 2.35. The lowest BCUT2D eigenvalue weighted by Crippen LogP contribution is -2.41. The van der Waals surface area contributed by atoms with E-state index in [9.17, 15) is 4.39 Å². The Morgan fingerprint density at radius 3 is 2.48 bits per heavy atom. The van der Waals surface area contributed by atoms with Crippen molar-refractivity contribution in [2.45, 2.75) is 38.5 Å². The zero-order valence-electron chi connectivity index (χ0n) is 14.2. The van der Waals surface area contributed by atoms with Crippen molar-refractivity contribution in [1.82, 2.24) is 10.6 Å². The summed E-state index contributed by atoms with van der Waals surface area (Å²) in [6.45, 7) is 8.07. The first kappa shape index (κ1) is 17.7. The lowest BCUT2D eigenvalue weighted by Gasteiger charge is -2.36. The second kappa shape index (κ2) is 8.87.